The van der Waals surface area contributed by atoms with E-state index in [2.05, 4.69) is 4.98 Å². The Kier molecular flexibility index (Phi) is 4.57. The Morgan fingerprint density at radius 1 is 1.56 bits per heavy atom. The van der Waals surface area contributed by atoms with Crippen LogP contribution in [-0.2, 0) is 10.0 Å². The van der Waals surface area contributed by atoms with E-state index in [9.17, 15) is 8.42 Å². The monoisotopic (exact) mass is 261 g/mol. The predicted octanol–water partition coefficient (Wildman–Crippen LogP) is 0.647. The number of sulfonamides is 1. The third kappa shape index (κ3) is 2.87. The highest BCUT2D eigenvalue weighted by Gasteiger charge is 2.23. The van der Waals surface area contributed by atoms with Gasteiger partial charge in [-0.2, -0.15) is 16.1 Å². The van der Waals surface area contributed by atoms with Crippen molar-refractivity contribution >= 4 is 27.5 Å². The van der Waals surface area contributed by atoms with Gasteiger partial charge in [0.05, 0.1) is 5.69 Å². The maximum absolute atomic E-state index is 12.0. The van der Waals surface area contributed by atoms with Gasteiger partial charge >= 0.3 is 0 Å². The summed E-state index contributed by atoms with van der Waals surface area (Å²) in [6.07, 6.45) is 3.35. The summed E-state index contributed by atoms with van der Waals surface area (Å²) >= 11 is 1.59. The Balaban J connectivity index is 2.98. The molecule has 0 spiro atoms. The van der Waals surface area contributed by atoms with Gasteiger partial charge in [0.2, 0.25) is 0 Å². The molecule has 16 heavy (non-hydrogen) atoms. The highest BCUT2D eigenvalue weighted by atomic mass is 32.2. The molecule has 2 N–H and O–H groups in total. The first kappa shape index (κ1) is 13.3. The third-order valence-electron chi connectivity index (χ3n) is 2.07. The Morgan fingerprint density at radius 2 is 2.25 bits per heavy atom. The first-order valence-electron chi connectivity index (χ1n) is 4.66. The van der Waals surface area contributed by atoms with Crippen molar-refractivity contribution in [2.45, 2.75) is 5.03 Å². The average molecular weight is 261 g/mol. The normalized spacial score (nSPS) is 11.9. The number of anilines is 1. The number of nitrogens with two attached hydrogens (primary N) is 1. The van der Waals surface area contributed by atoms with Crippen LogP contribution in [0.5, 0.6) is 0 Å². The average Bonchev–Trinajstić information content (AvgIpc) is 2.26. The van der Waals surface area contributed by atoms with Gasteiger partial charge in [0.25, 0.3) is 10.0 Å². The molecule has 0 radical (unpaired) electrons. The second kappa shape index (κ2) is 5.51. The standard InChI is InChI=1S/C9H15N3O2S2/c1-12(6-7-15-2)16(13,14)9-8(10)4-3-5-11-9/h3-5H,6-7,10H2,1-2H3. The largest absolute Gasteiger partial charge is 0.396 e. The molecule has 5 nitrogen and oxygen atoms in total. The number of nitrogens with zero attached hydrogens (tertiary/aromatic N) is 2. The van der Waals surface area contributed by atoms with Crippen LogP contribution in [0.3, 0.4) is 0 Å². The fraction of sp³-hybridized carbons (Fsp3) is 0.444. The summed E-state index contributed by atoms with van der Waals surface area (Å²) in [4.78, 5) is 3.82. The first-order valence-corrected chi connectivity index (χ1v) is 7.49. The summed E-state index contributed by atoms with van der Waals surface area (Å²) in [5, 5.41) is -0.0707. The predicted molar refractivity (Wildman–Crippen MR) is 66.8 cm³/mol. The highest BCUT2D eigenvalue weighted by molar-refractivity contribution is 7.98. The lowest BCUT2D eigenvalue weighted by Gasteiger charge is -2.16. The molecule has 0 bridgehead atoms. The summed E-state index contributed by atoms with van der Waals surface area (Å²) < 4.78 is 25.3. The van der Waals surface area contributed by atoms with Crippen molar-refractivity contribution in [2.24, 2.45) is 0 Å². The van der Waals surface area contributed by atoms with E-state index in [0.29, 0.717) is 6.54 Å². The molecule has 0 unspecified atom stereocenters. The zero-order valence-corrected chi connectivity index (χ0v) is 10.9. The van der Waals surface area contributed by atoms with Gasteiger partial charge in [0.1, 0.15) is 0 Å². The van der Waals surface area contributed by atoms with E-state index in [-0.39, 0.29) is 10.7 Å². The molecule has 0 saturated heterocycles. The van der Waals surface area contributed by atoms with E-state index in [0.717, 1.165) is 5.75 Å². The van der Waals surface area contributed by atoms with Gasteiger partial charge in [-0.05, 0) is 18.4 Å². The second-order valence-corrected chi connectivity index (χ2v) is 6.16. The molecular weight excluding hydrogens is 246 g/mol. The lowest BCUT2D eigenvalue weighted by molar-refractivity contribution is 0.486. The zero-order chi connectivity index (χ0) is 12.2. The molecule has 0 fully saturated rings. The van der Waals surface area contributed by atoms with E-state index >= 15 is 0 Å². The summed E-state index contributed by atoms with van der Waals surface area (Å²) in [6.45, 7) is 0.444. The Labute approximate surface area is 100 Å². The van der Waals surface area contributed by atoms with Crippen molar-refractivity contribution in [2.75, 3.05) is 31.3 Å². The molecule has 0 aromatic carbocycles. The van der Waals surface area contributed by atoms with Crippen molar-refractivity contribution in [3.8, 4) is 0 Å². The van der Waals surface area contributed by atoms with Crippen LogP contribution >= 0.6 is 11.8 Å². The van der Waals surface area contributed by atoms with E-state index in [1.54, 1.807) is 17.8 Å². The van der Waals surface area contributed by atoms with Gasteiger partial charge in [-0.3, -0.25) is 0 Å². The highest BCUT2D eigenvalue weighted by Crippen LogP contribution is 2.18. The SMILES string of the molecule is CSCCN(C)S(=O)(=O)c1ncccc1N. The second-order valence-electron chi connectivity index (χ2n) is 3.22. The van der Waals surface area contributed by atoms with Gasteiger partial charge < -0.3 is 5.73 Å². The zero-order valence-electron chi connectivity index (χ0n) is 9.25. The minimum atomic E-state index is -3.56. The maximum Gasteiger partial charge on any atom is 0.262 e. The number of thioether (sulfide) groups is 1. The van der Waals surface area contributed by atoms with Gasteiger partial charge in [-0.1, -0.05) is 0 Å². The Morgan fingerprint density at radius 3 is 2.81 bits per heavy atom. The first-order chi connectivity index (χ1) is 7.50. The van der Waals surface area contributed by atoms with Crippen LogP contribution in [0.2, 0.25) is 0 Å². The molecule has 0 saturated carbocycles. The van der Waals surface area contributed by atoms with Crippen LogP contribution < -0.4 is 5.73 Å². The minimum Gasteiger partial charge on any atom is -0.396 e. The minimum absolute atomic E-state index is 0.0707. The number of pyridine rings is 1. The van der Waals surface area contributed by atoms with Crippen LogP contribution in [0.25, 0.3) is 0 Å². The smallest absolute Gasteiger partial charge is 0.262 e. The molecule has 7 heteroatoms. The van der Waals surface area contributed by atoms with Crippen molar-refractivity contribution in [1.82, 2.24) is 9.29 Å². The topological polar surface area (TPSA) is 76.3 Å². The quantitative estimate of drug-likeness (QED) is 0.842. The van der Waals surface area contributed by atoms with Crippen molar-refractivity contribution in [1.29, 1.82) is 0 Å². The fourth-order valence-corrected chi connectivity index (χ4v) is 2.87. The molecule has 90 valence electrons. The Bertz CT molecular complexity index is 448. The van der Waals surface area contributed by atoms with Crippen LogP contribution in [0.4, 0.5) is 5.69 Å². The number of hydrogen-bond acceptors (Lipinski definition) is 5. The molecule has 0 atom stereocenters. The molecule has 0 aliphatic carbocycles. The fourth-order valence-electron chi connectivity index (χ4n) is 1.11. The molecule has 0 aliphatic heterocycles. The Hall–Kier alpha value is -0.790. The summed E-state index contributed by atoms with van der Waals surface area (Å²) in [6, 6.07) is 3.14. The third-order valence-corrected chi connectivity index (χ3v) is 4.49. The molecule has 1 aromatic rings. The molecule has 0 aliphatic rings. The number of nitrogen functional groups attached to an aromatic ring is 1. The van der Waals surface area contributed by atoms with E-state index in [1.807, 2.05) is 6.26 Å². The molecule has 1 rings (SSSR count). The molecular formula is C9H15N3O2S2. The molecule has 1 aromatic heterocycles. The number of hydrogen-bond donors (Lipinski definition) is 1. The van der Waals surface area contributed by atoms with Crippen molar-refractivity contribution < 1.29 is 8.42 Å². The summed E-state index contributed by atoms with van der Waals surface area (Å²) in [5.74, 6) is 0.739. The summed E-state index contributed by atoms with van der Waals surface area (Å²) in [5.41, 5.74) is 5.78. The number of rotatable bonds is 5. The summed E-state index contributed by atoms with van der Waals surface area (Å²) in [7, 11) is -2.03. The van der Waals surface area contributed by atoms with Gasteiger partial charge in [-0.15, -0.1) is 0 Å². The van der Waals surface area contributed by atoms with Crippen molar-refractivity contribution in [3.05, 3.63) is 18.3 Å². The number of aromatic nitrogens is 1. The lowest BCUT2D eigenvalue weighted by Crippen LogP contribution is -2.30. The van der Waals surface area contributed by atoms with Crippen LogP contribution in [-0.4, -0.2) is 43.3 Å². The maximum atomic E-state index is 12.0. The van der Waals surface area contributed by atoms with Crippen LogP contribution in [0, 0.1) is 0 Å². The van der Waals surface area contributed by atoms with E-state index < -0.39 is 10.0 Å². The van der Waals surface area contributed by atoms with Gasteiger partial charge in [-0.25, -0.2) is 13.4 Å². The van der Waals surface area contributed by atoms with Gasteiger partial charge in [0.15, 0.2) is 5.03 Å². The van der Waals surface area contributed by atoms with E-state index in [4.69, 9.17) is 5.73 Å². The lowest BCUT2D eigenvalue weighted by atomic mass is 10.4. The van der Waals surface area contributed by atoms with E-state index in [1.165, 1.54) is 23.6 Å². The molecule has 0 amide bonds. The van der Waals surface area contributed by atoms with Crippen molar-refractivity contribution in [3.63, 3.8) is 0 Å². The van der Waals surface area contributed by atoms with Crippen LogP contribution in [0.15, 0.2) is 23.4 Å². The van der Waals surface area contributed by atoms with Gasteiger partial charge in [0, 0.05) is 25.5 Å². The van der Waals surface area contributed by atoms with Crippen LogP contribution in [0.1, 0.15) is 0 Å². The molecule has 1 heterocycles.